The molecule has 0 unspecified atom stereocenters. The Kier molecular flexibility index (Phi) is 10.9. The van der Waals surface area contributed by atoms with Crippen LogP contribution in [-0.4, -0.2) is 72.8 Å². The van der Waals surface area contributed by atoms with Crippen molar-refractivity contribution in [3.8, 4) is 0 Å². The van der Waals surface area contributed by atoms with Gasteiger partial charge in [-0.05, 0) is 11.5 Å². The summed E-state index contributed by atoms with van der Waals surface area (Å²) in [7, 11) is -3.54. The summed E-state index contributed by atoms with van der Waals surface area (Å²) in [6.45, 7) is 8.07. The van der Waals surface area contributed by atoms with Crippen molar-refractivity contribution in [2.45, 2.75) is 18.7 Å². The minimum absolute atomic E-state index is 0. The molecule has 0 N–H and O–H groups in total. The van der Waals surface area contributed by atoms with E-state index >= 15 is 0 Å². The number of halogens is 1. The molecule has 0 saturated carbocycles. The number of fused-ring (bicyclic) bond motifs is 1. The largest absolute Gasteiger partial charge is 2.00 e. The first kappa shape index (κ1) is 25.3. The third-order valence-corrected chi connectivity index (χ3v) is 6.01. The Morgan fingerprint density at radius 3 is 2.08 bits per heavy atom. The third-order valence-electron chi connectivity index (χ3n) is 4.05. The van der Waals surface area contributed by atoms with Crippen molar-refractivity contribution in [1.29, 1.82) is 0 Å². The van der Waals surface area contributed by atoms with Crippen LogP contribution in [0, 0.1) is 6.92 Å². The number of rotatable bonds is 2. The maximum absolute atomic E-state index is 12.9. The van der Waals surface area contributed by atoms with Gasteiger partial charge in [0.05, 0.1) is 4.90 Å². The van der Waals surface area contributed by atoms with Crippen molar-refractivity contribution in [3.05, 3.63) is 49.4 Å². The van der Waals surface area contributed by atoms with Gasteiger partial charge in [-0.15, -0.1) is 0 Å². The van der Waals surface area contributed by atoms with Crippen LogP contribution in [0.3, 0.4) is 0 Å². The molecule has 26 heavy (non-hydrogen) atoms. The maximum atomic E-state index is 12.9. The summed E-state index contributed by atoms with van der Waals surface area (Å²) in [4.78, 5) is 13.4. The second-order valence-electron chi connectivity index (χ2n) is 5.39. The van der Waals surface area contributed by atoms with E-state index in [2.05, 4.69) is 6.92 Å². The monoisotopic (exact) mass is 450 g/mol. The van der Waals surface area contributed by atoms with Crippen molar-refractivity contribution in [1.82, 2.24) is 9.21 Å². The average Bonchev–Trinajstić information content (AvgIpc) is 2.63. The molecule has 0 aliphatic carbocycles. The molecule has 5 nitrogen and oxygen atoms in total. The molecule has 0 radical (unpaired) electrons. The first-order chi connectivity index (χ1) is 11.5. The van der Waals surface area contributed by atoms with E-state index in [1.807, 2.05) is 30.3 Å². The van der Waals surface area contributed by atoms with Gasteiger partial charge in [0, 0.05) is 38.5 Å². The van der Waals surface area contributed by atoms with Crippen LogP contribution < -0.4 is 17.0 Å². The average molecular weight is 452 g/mol. The van der Waals surface area contributed by atoms with Crippen LogP contribution in [0.15, 0.2) is 47.4 Å². The predicted octanol–water partition coefficient (Wildman–Crippen LogP) is -0.844. The fourth-order valence-electron chi connectivity index (χ4n) is 2.80. The Balaban J connectivity index is 0.00000151. The van der Waals surface area contributed by atoms with Gasteiger partial charge in [-0.2, -0.15) is 11.2 Å². The summed E-state index contributed by atoms with van der Waals surface area (Å²) < 4.78 is 27.3. The van der Waals surface area contributed by atoms with Crippen molar-refractivity contribution in [3.63, 3.8) is 0 Å². The van der Waals surface area contributed by atoms with Gasteiger partial charge in [0.1, 0.15) is 0 Å². The Morgan fingerprint density at radius 2 is 1.50 bits per heavy atom. The molecule has 3 rings (SSSR count). The van der Waals surface area contributed by atoms with E-state index in [0.29, 0.717) is 31.1 Å². The molecule has 1 aliphatic rings. The Hall–Kier alpha value is -0.674. The fraction of sp³-hybridized carbons (Fsp3) is 0.333. The van der Waals surface area contributed by atoms with E-state index in [1.54, 1.807) is 24.0 Å². The van der Waals surface area contributed by atoms with Crippen molar-refractivity contribution in [2.24, 2.45) is 0 Å². The molecule has 138 valence electrons. The number of piperazine rings is 1. The second-order valence-corrected chi connectivity index (χ2v) is 7.29. The Bertz CT molecular complexity index is 817. The number of hydrogen-bond donors (Lipinski definition) is 0. The Morgan fingerprint density at radius 1 is 0.962 bits per heavy atom. The van der Waals surface area contributed by atoms with Gasteiger partial charge >= 0.3 is 23.1 Å². The van der Waals surface area contributed by atoms with Gasteiger partial charge in [-0.3, -0.25) is 4.79 Å². The first-order valence-corrected chi connectivity index (χ1v) is 9.38. The third kappa shape index (κ3) is 5.42. The fourth-order valence-corrected chi connectivity index (χ4v) is 4.44. The van der Waals surface area contributed by atoms with E-state index in [4.69, 9.17) is 0 Å². The topological polar surface area (TPSA) is 57.7 Å². The molecule has 0 aromatic heterocycles. The van der Waals surface area contributed by atoms with Gasteiger partial charge in [0.15, 0.2) is 0 Å². The smallest absolute Gasteiger partial charge is 1.00 e. The van der Waals surface area contributed by atoms with Crippen LogP contribution in [0.4, 0.5) is 0 Å². The SMILES string of the molecule is CC(=O)N1CCN(S(=O)(=O)c2cccc3ccccc23)CC1.[Br-].[CH2-]C.[Mg+2]. The molecule has 1 fully saturated rings. The van der Waals surface area contributed by atoms with Crippen LogP contribution in [0.2, 0.25) is 0 Å². The maximum Gasteiger partial charge on any atom is 2.00 e. The quantitative estimate of drug-likeness (QED) is 0.442. The zero-order chi connectivity index (χ0) is 17.7. The molecular weight excluding hydrogens is 428 g/mol. The minimum Gasteiger partial charge on any atom is -1.00 e. The number of benzene rings is 2. The molecule has 1 amide bonds. The van der Waals surface area contributed by atoms with Crippen LogP contribution in [0.1, 0.15) is 13.8 Å². The van der Waals surface area contributed by atoms with Crippen LogP contribution in [-0.2, 0) is 14.8 Å². The summed E-state index contributed by atoms with van der Waals surface area (Å²) in [6, 6.07) is 12.8. The Labute approximate surface area is 182 Å². The molecule has 0 bridgehead atoms. The molecule has 8 heteroatoms. The molecule has 0 spiro atoms. The number of hydrogen-bond acceptors (Lipinski definition) is 3. The van der Waals surface area contributed by atoms with E-state index in [9.17, 15) is 13.2 Å². The van der Waals surface area contributed by atoms with Crippen LogP contribution >= 0.6 is 0 Å². The van der Waals surface area contributed by atoms with Gasteiger partial charge in [-0.1, -0.05) is 36.4 Å². The summed E-state index contributed by atoms with van der Waals surface area (Å²) in [5.41, 5.74) is 0. The van der Waals surface area contributed by atoms with E-state index in [1.165, 1.54) is 11.2 Å². The number of nitrogens with zero attached hydrogens (tertiary/aromatic N) is 2. The molecule has 2 aromatic carbocycles. The summed E-state index contributed by atoms with van der Waals surface area (Å²) in [5, 5.41) is 1.64. The molecule has 0 atom stereocenters. The zero-order valence-corrected chi connectivity index (χ0v) is 19.0. The molecule has 1 saturated heterocycles. The van der Waals surface area contributed by atoms with Crippen molar-refractivity contribution < 1.29 is 30.2 Å². The van der Waals surface area contributed by atoms with Crippen molar-refractivity contribution in [2.75, 3.05) is 26.2 Å². The normalized spacial score (nSPS) is 14.5. The number of carbonyl (C=O) groups is 1. The van der Waals surface area contributed by atoms with Gasteiger partial charge < -0.3 is 28.8 Å². The van der Waals surface area contributed by atoms with Crippen LogP contribution in [0.25, 0.3) is 10.8 Å². The summed E-state index contributed by atoms with van der Waals surface area (Å²) in [5.74, 6) is -0.0118. The van der Waals surface area contributed by atoms with E-state index in [0.717, 1.165) is 10.8 Å². The van der Waals surface area contributed by atoms with Crippen LogP contribution in [0.5, 0.6) is 0 Å². The summed E-state index contributed by atoms with van der Waals surface area (Å²) >= 11 is 0. The van der Waals surface area contributed by atoms with E-state index < -0.39 is 10.0 Å². The van der Waals surface area contributed by atoms with Crippen molar-refractivity contribution >= 4 is 49.8 Å². The molecular formula is C18H23BrMgN2O3S. The molecule has 2 aromatic rings. The van der Waals surface area contributed by atoms with Gasteiger partial charge in [-0.25, -0.2) is 8.42 Å². The molecule has 1 aliphatic heterocycles. The number of amides is 1. The minimum atomic E-state index is -3.54. The number of carbonyl (C=O) groups excluding carboxylic acids is 1. The van der Waals surface area contributed by atoms with Gasteiger partial charge in [0.25, 0.3) is 0 Å². The second kappa shape index (κ2) is 11.2. The first-order valence-electron chi connectivity index (χ1n) is 7.94. The van der Waals surface area contributed by atoms with E-state index in [-0.39, 0.29) is 45.9 Å². The number of sulfonamides is 1. The summed E-state index contributed by atoms with van der Waals surface area (Å²) in [6.07, 6.45) is 0. The predicted molar refractivity (Wildman–Crippen MR) is 102 cm³/mol. The van der Waals surface area contributed by atoms with Gasteiger partial charge in [0.2, 0.25) is 15.9 Å². The zero-order valence-electron chi connectivity index (χ0n) is 15.2. The standard InChI is InChI=1S/C16H18N2O3S.C2H5.BrH.Mg/c1-13(19)17-9-11-18(12-10-17)22(20,21)16-8-4-6-14-5-2-3-7-15(14)16;1-2;;/h2-8H,9-12H2,1H3;1H2,2H3;1H;/q;-1;;+2/p-1. The molecule has 1 heterocycles.